The average Bonchev–Trinajstić information content (AvgIpc) is 2.14. The molecule has 0 aliphatic carbocycles. The zero-order chi connectivity index (χ0) is 5.98. The first-order valence-corrected chi connectivity index (χ1v) is 2.28. The number of methoxy groups -OCH3 is 1. The van der Waals surface area contributed by atoms with Crippen molar-refractivity contribution in [2.75, 3.05) is 7.11 Å². The minimum Gasteiger partial charge on any atom is -0.479 e. The number of hydrogen-bond donors (Lipinski definition) is 0. The van der Waals surface area contributed by atoms with E-state index in [4.69, 9.17) is 9.15 Å². The molecule has 0 saturated heterocycles. The largest absolute Gasteiger partial charge is 0.479 e. The summed E-state index contributed by atoms with van der Waals surface area (Å²) in [7, 11) is 1.56. The van der Waals surface area contributed by atoms with Crippen LogP contribution in [0.1, 0.15) is 5.76 Å². The molecule has 0 atom stereocenters. The molecule has 0 radical (unpaired) electrons. The minimum absolute atomic E-state index is 0.560. The van der Waals surface area contributed by atoms with E-state index in [1.165, 1.54) is 6.39 Å². The van der Waals surface area contributed by atoms with Gasteiger partial charge in [0.25, 0.3) is 5.88 Å². The molecule has 0 fully saturated rings. The van der Waals surface area contributed by atoms with Gasteiger partial charge in [0.05, 0.1) is 7.11 Å². The lowest BCUT2D eigenvalue weighted by Gasteiger charge is -1.88. The molecule has 1 heterocycles. The molecule has 0 spiro atoms. The summed E-state index contributed by atoms with van der Waals surface area (Å²) >= 11 is 0. The number of aromatic nitrogens is 1. The Morgan fingerprint density at radius 2 is 2.50 bits per heavy atom. The van der Waals surface area contributed by atoms with Gasteiger partial charge in [0, 0.05) is 0 Å². The number of ether oxygens (including phenoxy) is 1. The Bertz CT molecular complexity index is 171. The van der Waals surface area contributed by atoms with Gasteiger partial charge in [-0.1, -0.05) is 0 Å². The smallest absolute Gasteiger partial charge is 0.255 e. The highest BCUT2D eigenvalue weighted by atomic mass is 16.5. The monoisotopic (exact) mass is 113 g/mol. The fourth-order valence-corrected chi connectivity index (χ4v) is 0.491. The molecule has 0 aliphatic heterocycles. The minimum atomic E-state index is 0.560. The Morgan fingerprint density at radius 1 is 1.75 bits per heavy atom. The number of nitrogens with zero attached hydrogens (tertiary/aromatic N) is 1. The van der Waals surface area contributed by atoms with E-state index in [-0.39, 0.29) is 0 Å². The quantitative estimate of drug-likeness (QED) is 0.544. The molecule has 3 nitrogen and oxygen atoms in total. The fourth-order valence-electron chi connectivity index (χ4n) is 0.491. The van der Waals surface area contributed by atoms with Crippen LogP contribution in [0.4, 0.5) is 0 Å². The summed E-state index contributed by atoms with van der Waals surface area (Å²) in [5, 5.41) is 0. The second-order valence-electron chi connectivity index (χ2n) is 1.42. The van der Waals surface area contributed by atoms with Crippen molar-refractivity contribution < 1.29 is 9.15 Å². The number of aryl methyl sites for hydroxylation is 1. The summed E-state index contributed by atoms with van der Waals surface area (Å²) in [6.45, 7) is 1.80. The van der Waals surface area contributed by atoms with Crippen LogP contribution in [0, 0.1) is 6.92 Å². The molecule has 3 heteroatoms. The Hall–Kier alpha value is -0.990. The topological polar surface area (TPSA) is 35.3 Å². The molecule has 0 aromatic carbocycles. The zero-order valence-corrected chi connectivity index (χ0v) is 4.84. The van der Waals surface area contributed by atoms with E-state index >= 15 is 0 Å². The van der Waals surface area contributed by atoms with E-state index in [1.54, 1.807) is 14.0 Å². The summed E-state index contributed by atoms with van der Waals surface area (Å²) in [4.78, 5) is 3.75. The summed E-state index contributed by atoms with van der Waals surface area (Å²) in [6, 6.07) is 0. The zero-order valence-electron chi connectivity index (χ0n) is 4.84. The van der Waals surface area contributed by atoms with E-state index < -0.39 is 0 Å². The number of rotatable bonds is 1. The van der Waals surface area contributed by atoms with Crippen molar-refractivity contribution in [1.82, 2.24) is 4.98 Å². The van der Waals surface area contributed by atoms with Crippen LogP contribution in [-0.4, -0.2) is 12.1 Å². The maximum Gasteiger partial charge on any atom is 0.255 e. The average molecular weight is 113 g/mol. The van der Waals surface area contributed by atoms with Gasteiger partial charge in [-0.25, -0.2) is 0 Å². The normalized spacial score (nSPS) is 9.25. The highest BCUT2D eigenvalue weighted by Crippen LogP contribution is 2.11. The molecule has 0 unspecified atom stereocenters. The van der Waals surface area contributed by atoms with Gasteiger partial charge in [0.15, 0.2) is 12.2 Å². The van der Waals surface area contributed by atoms with Crippen molar-refractivity contribution in [3.8, 4) is 5.88 Å². The van der Waals surface area contributed by atoms with Crippen molar-refractivity contribution >= 4 is 0 Å². The molecule has 44 valence electrons. The molecule has 0 bridgehead atoms. The molecular formula is C5H7NO2. The summed E-state index contributed by atoms with van der Waals surface area (Å²) in [6.07, 6.45) is 1.36. The van der Waals surface area contributed by atoms with Gasteiger partial charge in [0.2, 0.25) is 0 Å². The van der Waals surface area contributed by atoms with Crippen molar-refractivity contribution in [3.05, 3.63) is 12.2 Å². The number of oxazole rings is 1. The van der Waals surface area contributed by atoms with E-state index in [0.717, 1.165) is 0 Å². The van der Waals surface area contributed by atoms with Crippen LogP contribution in [-0.2, 0) is 0 Å². The lowest BCUT2D eigenvalue weighted by molar-refractivity contribution is 0.388. The van der Waals surface area contributed by atoms with E-state index in [9.17, 15) is 0 Å². The van der Waals surface area contributed by atoms with Crippen molar-refractivity contribution in [2.45, 2.75) is 6.92 Å². The second kappa shape index (κ2) is 1.86. The molecule has 1 aromatic heterocycles. The van der Waals surface area contributed by atoms with Gasteiger partial charge in [-0.2, -0.15) is 4.98 Å². The van der Waals surface area contributed by atoms with Crippen LogP contribution in [0.2, 0.25) is 0 Å². The van der Waals surface area contributed by atoms with Gasteiger partial charge < -0.3 is 9.15 Å². The predicted molar refractivity (Wildman–Crippen MR) is 27.8 cm³/mol. The third kappa shape index (κ3) is 0.665. The molecule has 1 rings (SSSR count). The van der Waals surface area contributed by atoms with Gasteiger partial charge in [0.1, 0.15) is 0 Å². The van der Waals surface area contributed by atoms with E-state index in [0.29, 0.717) is 11.6 Å². The Balaban J connectivity index is 2.92. The molecular weight excluding hydrogens is 106 g/mol. The number of hydrogen-bond acceptors (Lipinski definition) is 3. The Morgan fingerprint density at radius 3 is 2.75 bits per heavy atom. The highest BCUT2D eigenvalue weighted by molar-refractivity contribution is 5.10. The first-order valence-electron chi connectivity index (χ1n) is 2.28. The fraction of sp³-hybridized carbons (Fsp3) is 0.400. The molecule has 0 N–H and O–H groups in total. The molecule has 1 aromatic rings. The summed E-state index contributed by atoms with van der Waals surface area (Å²) < 4.78 is 9.60. The van der Waals surface area contributed by atoms with Gasteiger partial charge in [-0.3, -0.25) is 0 Å². The van der Waals surface area contributed by atoms with Crippen LogP contribution in [0.15, 0.2) is 10.8 Å². The SMILES string of the molecule is COc1ncoc1C. The summed E-state index contributed by atoms with van der Waals surface area (Å²) in [5.74, 6) is 1.28. The van der Waals surface area contributed by atoms with Crippen molar-refractivity contribution in [1.29, 1.82) is 0 Å². The first-order chi connectivity index (χ1) is 3.84. The second-order valence-corrected chi connectivity index (χ2v) is 1.42. The van der Waals surface area contributed by atoms with Crippen molar-refractivity contribution in [2.24, 2.45) is 0 Å². The lowest BCUT2D eigenvalue weighted by atomic mass is 10.6. The standard InChI is InChI=1S/C5H7NO2/c1-4-5(7-2)6-3-8-4/h3H,1-2H3. The maximum absolute atomic E-state index is 4.82. The maximum atomic E-state index is 4.82. The third-order valence-corrected chi connectivity index (χ3v) is 0.894. The van der Waals surface area contributed by atoms with Gasteiger partial charge in [-0.15, -0.1) is 0 Å². The van der Waals surface area contributed by atoms with E-state index in [2.05, 4.69) is 4.98 Å². The summed E-state index contributed by atoms with van der Waals surface area (Å²) in [5.41, 5.74) is 0. The van der Waals surface area contributed by atoms with Crippen LogP contribution in [0.25, 0.3) is 0 Å². The van der Waals surface area contributed by atoms with Crippen LogP contribution >= 0.6 is 0 Å². The van der Waals surface area contributed by atoms with Crippen LogP contribution in [0.3, 0.4) is 0 Å². The third-order valence-electron chi connectivity index (χ3n) is 0.894. The molecule has 0 saturated carbocycles. The first kappa shape index (κ1) is 5.15. The van der Waals surface area contributed by atoms with E-state index in [1.807, 2.05) is 0 Å². The molecule has 8 heavy (non-hydrogen) atoms. The Labute approximate surface area is 47.3 Å². The highest BCUT2D eigenvalue weighted by Gasteiger charge is 1.98. The van der Waals surface area contributed by atoms with Gasteiger partial charge in [-0.05, 0) is 6.92 Å². The van der Waals surface area contributed by atoms with Crippen LogP contribution < -0.4 is 4.74 Å². The van der Waals surface area contributed by atoms with Gasteiger partial charge >= 0.3 is 0 Å². The lowest BCUT2D eigenvalue weighted by Crippen LogP contribution is -1.82. The van der Waals surface area contributed by atoms with Crippen molar-refractivity contribution in [3.63, 3.8) is 0 Å². The predicted octanol–water partition coefficient (Wildman–Crippen LogP) is 0.992. The Kier molecular flexibility index (Phi) is 1.20. The molecule has 0 amide bonds. The molecule has 0 aliphatic rings. The van der Waals surface area contributed by atoms with Crippen LogP contribution in [0.5, 0.6) is 5.88 Å².